The van der Waals surface area contributed by atoms with E-state index in [-0.39, 0.29) is 5.91 Å². The molecular formula is C21H16BrN3O2. The number of amides is 1. The van der Waals surface area contributed by atoms with E-state index in [1.165, 1.54) is 5.56 Å². The third kappa shape index (κ3) is 3.75. The standard InChI is InChI=1S/C21H16BrN3O2/c1-2-13-3-5-14(6-4-13)20(26)24-17-7-8-19-18(10-17)25-21(27-19)15-9-16(22)12-23-11-15/h3-12H,2H2,1H3,(H,24,26). The maximum Gasteiger partial charge on any atom is 0.255 e. The number of carbonyl (C=O) groups is 1. The predicted molar refractivity (Wildman–Crippen MR) is 109 cm³/mol. The predicted octanol–water partition coefficient (Wildman–Crippen LogP) is 5.47. The largest absolute Gasteiger partial charge is 0.436 e. The topological polar surface area (TPSA) is 68.0 Å². The van der Waals surface area contributed by atoms with Crippen LogP contribution in [0.25, 0.3) is 22.6 Å². The van der Waals surface area contributed by atoms with Gasteiger partial charge >= 0.3 is 0 Å². The number of rotatable bonds is 4. The Kier molecular flexibility index (Phi) is 4.73. The summed E-state index contributed by atoms with van der Waals surface area (Å²) < 4.78 is 6.65. The van der Waals surface area contributed by atoms with Crippen LogP contribution in [0.15, 0.2) is 69.8 Å². The minimum atomic E-state index is -0.156. The molecule has 2 aromatic heterocycles. The summed E-state index contributed by atoms with van der Waals surface area (Å²) in [6.45, 7) is 2.08. The summed E-state index contributed by atoms with van der Waals surface area (Å²) in [6, 6.07) is 14.9. The maximum atomic E-state index is 12.4. The molecule has 0 bridgehead atoms. The second kappa shape index (κ2) is 7.32. The average molecular weight is 422 g/mol. The molecule has 1 N–H and O–H groups in total. The summed E-state index contributed by atoms with van der Waals surface area (Å²) in [5, 5.41) is 2.91. The summed E-state index contributed by atoms with van der Waals surface area (Å²) in [5.41, 5.74) is 4.58. The van der Waals surface area contributed by atoms with Gasteiger partial charge in [0.15, 0.2) is 5.58 Å². The van der Waals surface area contributed by atoms with E-state index in [1.807, 2.05) is 30.3 Å². The molecule has 1 amide bonds. The van der Waals surface area contributed by atoms with E-state index >= 15 is 0 Å². The van der Waals surface area contributed by atoms with Crippen molar-refractivity contribution in [2.45, 2.75) is 13.3 Å². The van der Waals surface area contributed by atoms with Crippen molar-refractivity contribution in [1.29, 1.82) is 0 Å². The van der Waals surface area contributed by atoms with Crippen LogP contribution >= 0.6 is 15.9 Å². The van der Waals surface area contributed by atoms with Gasteiger partial charge in [-0.05, 0) is 64.3 Å². The monoisotopic (exact) mass is 421 g/mol. The van der Waals surface area contributed by atoms with E-state index in [9.17, 15) is 4.79 Å². The fraction of sp³-hybridized carbons (Fsp3) is 0.0952. The van der Waals surface area contributed by atoms with Crippen molar-refractivity contribution in [2.24, 2.45) is 0 Å². The number of nitrogens with zero attached hydrogens (tertiary/aromatic N) is 2. The zero-order chi connectivity index (χ0) is 18.8. The molecule has 0 saturated heterocycles. The Labute approximate surface area is 164 Å². The maximum absolute atomic E-state index is 12.4. The molecule has 134 valence electrons. The van der Waals surface area contributed by atoms with E-state index < -0.39 is 0 Å². The fourth-order valence-corrected chi connectivity index (χ4v) is 3.12. The lowest BCUT2D eigenvalue weighted by Crippen LogP contribution is -2.11. The van der Waals surface area contributed by atoms with Crippen molar-refractivity contribution in [3.8, 4) is 11.5 Å². The highest BCUT2D eigenvalue weighted by Crippen LogP contribution is 2.27. The van der Waals surface area contributed by atoms with Crippen LogP contribution in [-0.4, -0.2) is 15.9 Å². The van der Waals surface area contributed by atoms with Crippen LogP contribution in [0, 0.1) is 0 Å². The first-order valence-corrected chi connectivity index (χ1v) is 9.33. The molecular weight excluding hydrogens is 406 g/mol. The average Bonchev–Trinajstić information content (AvgIpc) is 3.11. The number of benzene rings is 2. The number of oxazole rings is 1. The van der Waals surface area contributed by atoms with Gasteiger partial charge in [-0.1, -0.05) is 19.1 Å². The van der Waals surface area contributed by atoms with Crippen LogP contribution in [0.4, 0.5) is 5.69 Å². The number of hydrogen-bond donors (Lipinski definition) is 1. The van der Waals surface area contributed by atoms with Crippen molar-refractivity contribution in [3.05, 3.63) is 76.5 Å². The van der Waals surface area contributed by atoms with E-state index in [1.54, 1.807) is 30.6 Å². The summed E-state index contributed by atoms with van der Waals surface area (Å²) in [7, 11) is 0. The fourth-order valence-electron chi connectivity index (χ4n) is 2.75. The Morgan fingerprint density at radius 3 is 2.67 bits per heavy atom. The molecule has 27 heavy (non-hydrogen) atoms. The second-order valence-corrected chi connectivity index (χ2v) is 7.01. The van der Waals surface area contributed by atoms with Crippen LogP contribution in [0.3, 0.4) is 0 Å². The molecule has 0 radical (unpaired) electrons. The number of anilines is 1. The smallest absolute Gasteiger partial charge is 0.255 e. The van der Waals surface area contributed by atoms with Gasteiger partial charge < -0.3 is 9.73 Å². The first kappa shape index (κ1) is 17.4. The van der Waals surface area contributed by atoms with Crippen LogP contribution in [0.5, 0.6) is 0 Å². The van der Waals surface area contributed by atoms with Gasteiger partial charge in [-0.15, -0.1) is 0 Å². The van der Waals surface area contributed by atoms with Gasteiger partial charge in [0.2, 0.25) is 5.89 Å². The molecule has 2 aromatic carbocycles. The molecule has 0 aliphatic carbocycles. The van der Waals surface area contributed by atoms with Gasteiger partial charge in [-0.3, -0.25) is 9.78 Å². The van der Waals surface area contributed by atoms with Crippen molar-refractivity contribution in [1.82, 2.24) is 9.97 Å². The van der Waals surface area contributed by atoms with E-state index in [4.69, 9.17) is 4.42 Å². The molecule has 0 atom stereocenters. The lowest BCUT2D eigenvalue weighted by atomic mass is 10.1. The molecule has 2 heterocycles. The molecule has 0 fully saturated rings. The van der Waals surface area contributed by atoms with Crippen molar-refractivity contribution >= 4 is 38.6 Å². The molecule has 5 nitrogen and oxygen atoms in total. The number of nitrogens with one attached hydrogen (secondary N) is 1. The first-order chi connectivity index (χ1) is 13.1. The van der Waals surface area contributed by atoms with Crippen LogP contribution in [0.2, 0.25) is 0 Å². The molecule has 0 unspecified atom stereocenters. The minimum absolute atomic E-state index is 0.156. The Morgan fingerprint density at radius 1 is 1.11 bits per heavy atom. The van der Waals surface area contributed by atoms with Crippen molar-refractivity contribution in [2.75, 3.05) is 5.32 Å². The molecule has 0 aliphatic rings. The van der Waals surface area contributed by atoms with Gasteiger partial charge in [-0.2, -0.15) is 0 Å². The highest BCUT2D eigenvalue weighted by atomic mass is 79.9. The van der Waals surface area contributed by atoms with Gasteiger partial charge in [0.1, 0.15) is 5.52 Å². The zero-order valence-corrected chi connectivity index (χ0v) is 16.2. The highest BCUT2D eigenvalue weighted by Gasteiger charge is 2.11. The SMILES string of the molecule is CCc1ccc(C(=O)Nc2ccc3oc(-c4cncc(Br)c4)nc3c2)cc1. The van der Waals surface area contributed by atoms with Crippen molar-refractivity contribution < 1.29 is 9.21 Å². The summed E-state index contributed by atoms with van der Waals surface area (Å²) in [5.74, 6) is 0.328. The quantitative estimate of drug-likeness (QED) is 0.474. The third-order valence-electron chi connectivity index (χ3n) is 4.22. The number of pyridine rings is 1. The molecule has 0 spiro atoms. The van der Waals surface area contributed by atoms with E-state index in [0.29, 0.717) is 28.2 Å². The molecule has 0 saturated carbocycles. The third-order valence-corrected chi connectivity index (χ3v) is 4.66. The summed E-state index contributed by atoms with van der Waals surface area (Å²) in [4.78, 5) is 21.1. The lowest BCUT2D eigenvalue weighted by molar-refractivity contribution is 0.102. The highest BCUT2D eigenvalue weighted by molar-refractivity contribution is 9.10. The summed E-state index contributed by atoms with van der Waals surface area (Å²) in [6.07, 6.45) is 4.34. The van der Waals surface area contributed by atoms with Gasteiger partial charge in [0, 0.05) is 28.1 Å². The Hall–Kier alpha value is -2.99. The number of carbonyl (C=O) groups excluding carboxylic acids is 1. The molecule has 4 rings (SSSR count). The number of aryl methyl sites for hydroxylation is 1. The Morgan fingerprint density at radius 2 is 1.93 bits per heavy atom. The number of fused-ring (bicyclic) bond motifs is 1. The van der Waals surface area contributed by atoms with E-state index in [2.05, 4.69) is 38.1 Å². The molecule has 6 heteroatoms. The lowest BCUT2D eigenvalue weighted by Gasteiger charge is -2.05. The van der Waals surface area contributed by atoms with Crippen LogP contribution < -0.4 is 5.32 Å². The van der Waals surface area contributed by atoms with Crippen molar-refractivity contribution in [3.63, 3.8) is 0 Å². The number of hydrogen-bond acceptors (Lipinski definition) is 4. The Bertz CT molecular complexity index is 1120. The van der Waals surface area contributed by atoms with Crippen LogP contribution in [-0.2, 0) is 6.42 Å². The van der Waals surface area contributed by atoms with E-state index in [0.717, 1.165) is 16.5 Å². The second-order valence-electron chi connectivity index (χ2n) is 6.10. The first-order valence-electron chi connectivity index (χ1n) is 8.54. The van der Waals surface area contributed by atoms with Gasteiger partial charge in [0.05, 0.1) is 5.56 Å². The zero-order valence-electron chi connectivity index (χ0n) is 14.6. The number of aromatic nitrogens is 2. The molecule has 4 aromatic rings. The Balaban J connectivity index is 1.58. The van der Waals surface area contributed by atoms with Crippen LogP contribution in [0.1, 0.15) is 22.8 Å². The van der Waals surface area contributed by atoms with Gasteiger partial charge in [0.25, 0.3) is 5.91 Å². The minimum Gasteiger partial charge on any atom is -0.436 e. The number of halogens is 1. The summed E-state index contributed by atoms with van der Waals surface area (Å²) >= 11 is 3.39. The van der Waals surface area contributed by atoms with Gasteiger partial charge in [-0.25, -0.2) is 4.98 Å². The molecule has 0 aliphatic heterocycles. The normalized spacial score (nSPS) is 10.9.